The minimum Gasteiger partial charge on any atom is -0.493 e. The highest BCUT2D eigenvalue weighted by molar-refractivity contribution is 9.10. The van der Waals surface area contributed by atoms with Gasteiger partial charge < -0.3 is 14.4 Å². The number of methoxy groups -OCH3 is 1. The number of carbonyl (C=O) groups is 3. The van der Waals surface area contributed by atoms with Gasteiger partial charge in [0.25, 0.3) is 11.1 Å². The Balaban J connectivity index is 1.77. The van der Waals surface area contributed by atoms with Crippen LogP contribution in [0, 0.1) is 0 Å². The van der Waals surface area contributed by atoms with Gasteiger partial charge in [-0.2, -0.15) is 0 Å². The number of ether oxygens (including phenoxy) is 2. The molecule has 0 unspecified atom stereocenters. The third-order valence-corrected chi connectivity index (χ3v) is 6.40. The molecule has 160 valence electrons. The summed E-state index contributed by atoms with van der Waals surface area (Å²) in [4.78, 5) is 40.6. The smallest absolute Gasteiger partial charge is 0.294 e. The van der Waals surface area contributed by atoms with E-state index < -0.39 is 11.1 Å². The Bertz CT molecular complexity index is 896. The highest BCUT2D eigenvalue weighted by atomic mass is 79.9. The number of likely N-dealkylation sites (tertiary alicyclic amines) is 1. The second-order valence-corrected chi connectivity index (χ2v) is 8.68. The van der Waals surface area contributed by atoms with Crippen molar-refractivity contribution in [1.29, 1.82) is 0 Å². The molecule has 3 amide bonds. The average Bonchev–Trinajstić information content (AvgIpc) is 3.01. The van der Waals surface area contributed by atoms with Crippen LogP contribution in [0.3, 0.4) is 0 Å². The monoisotopic (exact) mass is 494 g/mol. The first kappa shape index (κ1) is 22.4. The number of benzene rings is 1. The maximum absolute atomic E-state index is 12.8. The van der Waals surface area contributed by atoms with E-state index >= 15 is 0 Å². The molecule has 30 heavy (non-hydrogen) atoms. The molecule has 2 saturated heterocycles. The molecule has 0 bridgehead atoms. The largest absolute Gasteiger partial charge is 0.493 e. The lowest BCUT2D eigenvalue weighted by atomic mass is 10.1. The van der Waals surface area contributed by atoms with Crippen LogP contribution < -0.4 is 9.47 Å². The maximum Gasteiger partial charge on any atom is 0.294 e. The number of rotatable bonds is 7. The Hall–Kier alpha value is -2.26. The van der Waals surface area contributed by atoms with Crippen LogP contribution in [-0.4, -0.2) is 60.2 Å². The van der Waals surface area contributed by atoms with Gasteiger partial charge in [0.05, 0.1) is 12.0 Å². The minimum atomic E-state index is -0.465. The molecule has 1 aromatic rings. The van der Waals surface area contributed by atoms with Gasteiger partial charge >= 0.3 is 0 Å². The first-order valence-electron chi connectivity index (χ1n) is 9.59. The summed E-state index contributed by atoms with van der Waals surface area (Å²) in [6.07, 6.45) is 6.25. The number of halogens is 1. The van der Waals surface area contributed by atoms with E-state index in [1.807, 2.05) is 0 Å². The second kappa shape index (κ2) is 10.2. The summed E-state index contributed by atoms with van der Waals surface area (Å²) in [6.45, 7) is 5.08. The zero-order valence-corrected chi connectivity index (χ0v) is 19.1. The Labute approximate surface area is 188 Å². The number of hydrogen-bond donors (Lipinski definition) is 0. The van der Waals surface area contributed by atoms with E-state index in [9.17, 15) is 14.4 Å². The van der Waals surface area contributed by atoms with Gasteiger partial charge in [0, 0.05) is 17.6 Å². The molecular formula is C21H23BrN2O5S. The van der Waals surface area contributed by atoms with E-state index in [0.717, 1.165) is 35.9 Å². The van der Waals surface area contributed by atoms with Crippen molar-refractivity contribution >= 4 is 50.8 Å². The molecule has 0 N–H and O–H groups in total. The minimum absolute atomic E-state index is 0.190. The molecule has 0 atom stereocenters. The highest BCUT2D eigenvalue weighted by Crippen LogP contribution is 2.38. The molecule has 0 saturated carbocycles. The second-order valence-electron chi connectivity index (χ2n) is 6.83. The average molecular weight is 495 g/mol. The van der Waals surface area contributed by atoms with Crippen molar-refractivity contribution in [2.45, 2.75) is 19.3 Å². The van der Waals surface area contributed by atoms with Crippen LogP contribution in [-0.2, 0) is 9.59 Å². The van der Waals surface area contributed by atoms with E-state index in [2.05, 4.69) is 22.5 Å². The van der Waals surface area contributed by atoms with Gasteiger partial charge in [0.1, 0.15) is 13.2 Å². The van der Waals surface area contributed by atoms with Crippen LogP contribution >= 0.6 is 27.7 Å². The zero-order chi connectivity index (χ0) is 21.7. The third kappa shape index (κ3) is 5.07. The van der Waals surface area contributed by atoms with Crippen LogP contribution in [0.2, 0.25) is 0 Å². The normalized spacial score (nSPS) is 18.1. The van der Waals surface area contributed by atoms with Crippen LogP contribution in [0.25, 0.3) is 6.08 Å². The Morgan fingerprint density at radius 1 is 1.23 bits per heavy atom. The fraction of sp³-hybridized carbons (Fsp3) is 0.381. The van der Waals surface area contributed by atoms with E-state index in [4.69, 9.17) is 9.47 Å². The van der Waals surface area contributed by atoms with Crippen LogP contribution in [0.5, 0.6) is 11.5 Å². The number of nitrogens with zero attached hydrogens (tertiary/aromatic N) is 2. The number of carbonyl (C=O) groups excluding carboxylic acids is 3. The lowest BCUT2D eigenvalue weighted by molar-refractivity contribution is -0.136. The quantitative estimate of drug-likeness (QED) is 0.420. The summed E-state index contributed by atoms with van der Waals surface area (Å²) in [5, 5.41) is -0.439. The van der Waals surface area contributed by atoms with E-state index in [1.54, 1.807) is 29.2 Å². The molecule has 2 aliphatic heterocycles. The van der Waals surface area contributed by atoms with Crippen molar-refractivity contribution in [2.75, 3.05) is 33.4 Å². The molecule has 0 aromatic heterocycles. The summed E-state index contributed by atoms with van der Waals surface area (Å²) in [5.41, 5.74) is 0.658. The maximum atomic E-state index is 12.8. The fourth-order valence-corrected chi connectivity index (χ4v) is 4.50. The molecule has 2 aliphatic rings. The van der Waals surface area contributed by atoms with Crippen LogP contribution in [0.15, 0.2) is 34.2 Å². The molecule has 7 nitrogen and oxygen atoms in total. The Kier molecular flexibility index (Phi) is 7.60. The fourth-order valence-electron chi connectivity index (χ4n) is 3.24. The molecule has 0 aliphatic carbocycles. The summed E-state index contributed by atoms with van der Waals surface area (Å²) in [5.74, 6) is 0.366. The Morgan fingerprint density at radius 2 is 1.97 bits per heavy atom. The SMILES string of the molecule is C=CCOc1cc(Br)c(C=C2SC(=O)N(CC(=O)N3CCCCC3)C2=O)cc1OC. The molecule has 3 rings (SSSR count). The molecule has 0 spiro atoms. The van der Waals surface area contributed by atoms with Crippen LogP contribution in [0.4, 0.5) is 4.79 Å². The molecule has 2 fully saturated rings. The zero-order valence-electron chi connectivity index (χ0n) is 16.7. The van der Waals surface area contributed by atoms with Gasteiger partial charge in [0.15, 0.2) is 11.5 Å². The molecular weight excluding hydrogens is 472 g/mol. The van der Waals surface area contributed by atoms with Crippen molar-refractivity contribution in [2.24, 2.45) is 0 Å². The topological polar surface area (TPSA) is 76.2 Å². The summed E-state index contributed by atoms with van der Waals surface area (Å²) >= 11 is 4.29. The predicted octanol–water partition coefficient (Wildman–Crippen LogP) is 4.07. The number of hydrogen-bond acceptors (Lipinski definition) is 6. The van der Waals surface area contributed by atoms with Crippen molar-refractivity contribution in [3.05, 3.63) is 39.7 Å². The third-order valence-electron chi connectivity index (χ3n) is 4.80. The van der Waals surface area contributed by atoms with Gasteiger partial charge in [-0.1, -0.05) is 28.6 Å². The summed E-state index contributed by atoms with van der Waals surface area (Å²) in [6, 6.07) is 3.45. The lowest BCUT2D eigenvalue weighted by Crippen LogP contribution is -2.44. The van der Waals surface area contributed by atoms with Crippen molar-refractivity contribution in [1.82, 2.24) is 9.80 Å². The van der Waals surface area contributed by atoms with Crippen molar-refractivity contribution < 1.29 is 23.9 Å². The standard InChI is InChI=1S/C21H23BrN2O5S/c1-3-9-29-17-12-15(22)14(10-16(17)28-2)11-18-20(26)24(21(27)30-18)13-19(25)23-7-5-4-6-8-23/h3,10-12H,1,4-9,13H2,2H3. The van der Waals surface area contributed by atoms with E-state index in [0.29, 0.717) is 41.2 Å². The van der Waals surface area contributed by atoms with Crippen LogP contribution in [0.1, 0.15) is 24.8 Å². The Morgan fingerprint density at radius 3 is 2.63 bits per heavy atom. The van der Waals surface area contributed by atoms with Crippen molar-refractivity contribution in [3.63, 3.8) is 0 Å². The lowest BCUT2D eigenvalue weighted by Gasteiger charge is -2.27. The number of amides is 3. The van der Waals surface area contributed by atoms with E-state index in [1.165, 1.54) is 7.11 Å². The molecule has 9 heteroatoms. The summed E-state index contributed by atoms with van der Waals surface area (Å²) < 4.78 is 11.6. The van der Waals surface area contributed by atoms with E-state index in [-0.39, 0.29) is 17.4 Å². The molecule has 2 heterocycles. The van der Waals surface area contributed by atoms with Crippen molar-refractivity contribution in [3.8, 4) is 11.5 Å². The van der Waals surface area contributed by atoms with Gasteiger partial charge in [-0.15, -0.1) is 0 Å². The number of imide groups is 1. The molecule has 1 aromatic carbocycles. The number of thioether (sulfide) groups is 1. The first-order chi connectivity index (χ1) is 14.4. The van der Waals surface area contributed by atoms with Gasteiger partial charge in [-0.05, 0) is 54.8 Å². The molecule has 0 radical (unpaired) electrons. The predicted molar refractivity (Wildman–Crippen MR) is 119 cm³/mol. The first-order valence-corrected chi connectivity index (χ1v) is 11.2. The summed E-state index contributed by atoms with van der Waals surface area (Å²) in [7, 11) is 1.52. The number of piperidine rings is 1. The van der Waals surface area contributed by atoms with Gasteiger partial charge in [0.2, 0.25) is 5.91 Å². The van der Waals surface area contributed by atoms with Gasteiger partial charge in [-0.3, -0.25) is 19.3 Å². The van der Waals surface area contributed by atoms with Gasteiger partial charge in [-0.25, -0.2) is 0 Å². The highest BCUT2D eigenvalue weighted by Gasteiger charge is 2.37.